The molecule has 0 saturated heterocycles. The average Bonchev–Trinajstić information content (AvgIpc) is 3.35. The van der Waals surface area contributed by atoms with Crippen LogP contribution in [0.1, 0.15) is 35.7 Å². The highest BCUT2D eigenvalue weighted by atomic mass is 16.5. The molecule has 1 heterocycles. The van der Waals surface area contributed by atoms with E-state index < -0.39 is 0 Å². The number of hydrogen-bond acceptors (Lipinski definition) is 6. The van der Waals surface area contributed by atoms with Gasteiger partial charge in [0.15, 0.2) is 5.82 Å². The Balaban J connectivity index is 1.92. The molecule has 0 unspecified atom stereocenters. The van der Waals surface area contributed by atoms with Gasteiger partial charge in [-0.1, -0.05) is 0 Å². The van der Waals surface area contributed by atoms with E-state index >= 15 is 0 Å². The van der Waals surface area contributed by atoms with Crippen LogP contribution in [-0.2, 0) is 0 Å². The monoisotopic (exact) mass is 281 g/mol. The van der Waals surface area contributed by atoms with Crippen molar-refractivity contribution >= 4 is 5.82 Å². The molecule has 1 saturated carbocycles. The molecule has 2 aromatic rings. The molecular weight excluding hydrogens is 266 g/mol. The minimum Gasteiger partial charge on any atom is -0.439 e. The third-order valence-corrected chi connectivity index (χ3v) is 3.40. The van der Waals surface area contributed by atoms with Gasteiger partial charge in [0, 0.05) is 5.92 Å². The Morgan fingerprint density at radius 1 is 1.29 bits per heavy atom. The molecule has 0 bridgehead atoms. The lowest BCUT2D eigenvalue weighted by Crippen LogP contribution is -2.13. The van der Waals surface area contributed by atoms with Crippen LogP contribution in [0.5, 0.6) is 11.6 Å². The fourth-order valence-corrected chi connectivity index (χ4v) is 1.99. The molecule has 0 atom stereocenters. The maximum atomic E-state index is 8.80. The summed E-state index contributed by atoms with van der Waals surface area (Å²) in [6, 6.07) is 8.97. The maximum Gasteiger partial charge on any atom is 0.227 e. The number of anilines is 1. The summed E-state index contributed by atoms with van der Waals surface area (Å²) in [5.41, 5.74) is 3.93. The lowest BCUT2D eigenvalue weighted by molar-refractivity contribution is 0.454. The Kier molecular flexibility index (Phi) is 3.42. The Morgan fingerprint density at radius 2 is 2.00 bits per heavy atom. The van der Waals surface area contributed by atoms with Crippen molar-refractivity contribution in [1.82, 2.24) is 9.97 Å². The van der Waals surface area contributed by atoms with Gasteiger partial charge in [-0.3, -0.25) is 0 Å². The summed E-state index contributed by atoms with van der Waals surface area (Å²) < 4.78 is 5.81. The number of hydrazine groups is 1. The van der Waals surface area contributed by atoms with Gasteiger partial charge in [-0.2, -0.15) is 10.2 Å². The molecule has 1 aliphatic rings. The van der Waals surface area contributed by atoms with Crippen molar-refractivity contribution in [1.29, 1.82) is 5.26 Å². The molecule has 6 heteroatoms. The van der Waals surface area contributed by atoms with Gasteiger partial charge in [0.2, 0.25) is 5.88 Å². The zero-order valence-electron chi connectivity index (χ0n) is 11.6. The minimum absolute atomic E-state index is 0.404. The molecule has 106 valence electrons. The number of aromatic nitrogens is 2. The Morgan fingerprint density at radius 3 is 2.57 bits per heavy atom. The second-order valence-corrected chi connectivity index (χ2v) is 5.02. The van der Waals surface area contributed by atoms with Crippen molar-refractivity contribution in [3.8, 4) is 17.7 Å². The number of nitrogen functional groups attached to an aromatic ring is 1. The second kappa shape index (κ2) is 5.38. The summed E-state index contributed by atoms with van der Waals surface area (Å²) in [6.45, 7) is 1.85. The minimum atomic E-state index is 0.404. The highest BCUT2D eigenvalue weighted by Gasteiger charge is 2.28. The van der Waals surface area contributed by atoms with Gasteiger partial charge < -0.3 is 10.2 Å². The second-order valence-electron chi connectivity index (χ2n) is 5.02. The Hall–Kier alpha value is -2.65. The topological polar surface area (TPSA) is 96.8 Å². The first-order valence-electron chi connectivity index (χ1n) is 6.74. The fraction of sp³-hybridized carbons (Fsp3) is 0.267. The van der Waals surface area contributed by atoms with Crippen LogP contribution >= 0.6 is 0 Å². The maximum absolute atomic E-state index is 8.80. The summed E-state index contributed by atoms with van der Waals surface area (Å²) in [4.78, 5) is 8.90. The van der Waals surface area contributed by atoms with Crippen LogP contribution in [-0.4, -0.2) is 9.97 Å². The number of rotatable bonds is 4. The van der Waals surface area contributed by atoms with Crippen LogP contribution in [0.3, 0.4) is 0 Å². The molecule has 1 aromatic heterocycles. The van der Waals surface area contributed by atoms with E-state index in [9.17, 15) is 0 Å². The van der Waals surface area contributed by atoms with Gasteiger partial charge >= 0.3 is 0 Å². The molecular formula is C15H15N5O. The van der Waals surface area contributed by atoms with Gasteiger partial charge in [-0.05, 0) is 44.0 Å². The number of nitrogens with one attached hydrogen (secondary N) is 1. The Bertz CT molecular complexity index is 701. The van der Waals surface area contributed by atoms with Gasteiger partial charge in [0.05, 0.1) is 17.2 Å². The van der Waals surface area contributed by atoms with Crippen LogP contribution in [0.2, 0.25) is 0 Å². The van der Waals surface area contributed by atoms with E-state index in [0.29, 0.717) is 28.9 Å². The molecule has 1 aromatic carbocycles. The number of benzene rings is 1. The van der Waals surface area contributed by atoms with Crippen molar-refractivity contribution < 1.29 is 4.74 Å². The molecule has 1 aliphatic carbocycles. The van der Waals surface area contributed by atoms with E-state index in [0.717, 1.165) is 24.2 Å². The highest BCUT2D eigenvalue weighted by molar-refractivity contribution is 5.49. The molecule has 0 aliphatic heterocycles. The lowest BCUT2D eigenvalue weighted by atomic mass is 10.2. The van der Waals surface area contributed by atoms with Crippen molar-refractivity contribution in [3.63, 3.8) is 0 Å². The third kappa shape index (κ3) is 2.78. The van der Waals surface area contributed by atoms with Gasteiger partial charge in [-0.15, -0.1) is 0 Å². The molecule has 21 heavy (non-hydrogen) atoms. The number of nitriles is 1. The zero-order valence-corrected chi connectivity index (χ0v) is 11.6. The first kappa shape index (κ1) is 13.3. The number of nitrogens with zero attached hydrogens (tertiary/aromatic N) is 3. The first-order chi connectivity index (χ1) is 10.2. The largest absolute Gasteiger partial charge is 0.439 e. The average molecular weight is 281 g/mol. The van der Waals surface area contributed by atoms with E-state index in [2.05, 4.69) is 21.5 Å². The first-order valence-corrected chi connectivity index (χ1v) is 6.74. The van der Waals surface area contributed by atoms with Gasteiger partial charge in [0.25, 0.3) is 0 Å². The number of nitrogens with two attached hydrogens (primary N) is 1. The third-order valence-electron chi connectivity index (χ3n) is 3.40. The summed E-state index contributed by atoms with van der Waals surface area (Å²) in [5, 5.41) is 8.80. The SMILES string of the molecule is Cc1c(NN)nc(C2CC2)nc1Oc1ccc(C#N)cc1. The standard InChI is InChI=1S/C15H15N5O/c1-9-13(20-17)18-14(11-4-5-11)19-15(9)21-12-6-2-10(8-16)3-7-12/h2-3,6-7,11H,4-5,17H2,1H3,(H,18,19,20). The van der Waals surface area contributed by atoms with Crippen molar-refractivity contribution in [2.24, 2.45) is 5.84 Å². The van der Waals surface area contributed by atoms with E-state index in [-0.39, 0.29) is 0 Å². The van der Waals surface area contributed by atoms with Gasteiger partial charge in [0.1, 0.15) is 11.6 Å². The Labute approximate surface area is 122 Å². The molecule has 3 N–H and O–H groups in total. The van der Waals surface area contributed by atoms with E-state index in [1.165, 1.54) is 0 Å². The van der Waals surface area contributed by atoms with E-state index in [1.54, 1.807) is 24.3 Å². The van der Waals surface area contributed by atoms with Crippen LogP contribution < -0.4 is 16.0 Å². The zero-order chi connectivity index (χ0) is 14.8. The van der Waals surface area contributed by atoms with Crippen molar-refractivity contribution in [3.05, 3.63) is 41.2 Å². The molecule has 0 amide bonds. The predicted octanol–water partition coefficient (Wildman–Crippen LogP) is 2.61. The fourth-order valence-electron chi connectivity index (χ4n) is 1.99. The van der Waals surface area contributed by atoms with Crippen LogP contribution in [0.15, 0.2) is 24.3 Å². The molecule has 1 fully saturated rings. The molecule has 3 rings (SSSR count). The molecule has 0 spiro atoms. The van der Waals surface area contributed by atoms with Crippen LogP contribution in [0.4, 0.5) is 5.82 Å². The predicted molar refractivity (Wildman–Crippen MR) is 77.8 cm³/mol. The summed E-state index contributed by atoms with van der Waals surface area (Å²) in [5.74, 6) is 8.37. The number of hydrogen-bond donors (Lipinski definition) is 2. The molecule has 0 radical (unpaired) electrons. The van der Waals surface area contributed by atoms with Crippen molar-refractivity contribution in [2.75, 3.05) is 5.43 Å². The van der Waals surface area contributed by atoms with E-state index in [4.69, 9.17) is 15.8 Å². The normalized spacial score (nSPS) is 13.6. The van der Waals surface area contributed by atoms with E-state index in [1.807, 2.05) is 6.92 Å². The summed E-state index contributed by atoms with van der Waals surface area (Å²) >= 11 is 0. The number of ether oxygens (including phenoxy) is 1. The van der Waals surface area contributed by atoms with Crippen LogP contribution in [0, 0.1) is 18.3 Å². The van der Waals surface area contributed by atoms with Gasteiger partial charge in [-0.25, -0.2) is 10.8 Å². The quantitative estimate of drug-likeness (QED) is 0.660. The lowest BCUT2D eigenvalue weighted by Gasteiger charge is -2.12. The summed E-state index contributed by atoms with van der Waals surface area (Å²) in [7, 11) is 0. The van der Waals surface area contributed by atoms with Crippen molar-refractivity contribution in [2.45, 2.75) is 25.7 Å². The summed E-state index contributed by atoms with van der Waals surface area (Å²) in [6.07, 6.45) is 2.20. The molecule has 6 nitrogen and oxygen atoms in total. The smallest absolute Gasteiger partial charge is 0.227 e. The van der Waals surface area contributed by atoms with Crippen LogP contribution in [0.25, 0.3) is 0 Å². The highest BCUT2D eigenvalue weighted by Crippen LogP contribution is 2.40.